The maximum absolute atomic E-state index is 5.28. The van der Waals surface area contributed by atoms with Crippen molar-refractivity contribution in [1.29, 1.82) is 0 Å². The van der Waals surface area contributed by atoms with Gasteiger partial charge in [0.2, 0.25) is 0 Å². The first-order chi connectivity index (χ1) is 27.2. The van der Waals surface area contributed by atoms with Gasteiger partial charge in [-0.3, -0.25) is 0 Å². The first kappa shape index (κ1) is 32.6. The van der Waals surface area contributed by atoms with Crippen molar-refractivity contribution < 1.29 is 0 Å². The molecule has 0 spiro atoms. The van der Waals surface area contributed by atoms with E-state index in [1.165, 1.54) is 11.1 Å². The van der Waals surface area contributed by atoms with Gasteiger partial charge in [-0.2, -0.15) is 0 Å². The smallest absolute Gasteiger partial charge is 0.161 e. The van der Waals surface area contributed by atoms with Gasteiger partial charge in [-0.1, -0.05) is 170 Å². The highest BCUT2D eigenvalue weighted by atomic mass is 32.1. The maximum atomic E-state index is 5.28. The second-order valence-corrected chi connectivity index (χ2v) is 14.5. The molecule has 0 aliphatic heterocycles. The zero-order valence-electron chi connectivity index (χ0n) is 29.7. The number of aromatic nitrogens is 4. The van der Waals surface area contributed by atoms with Crippen LogP contribution in [0.5, 0.6) is 0 Å². The monoisotopic (exact) mass is 720 g/mol. The molecule has 55 heavy (non-hydrogen) atoms. The summed E-state index contributed by atoms with van der Waals surface area (Å²) in [6, 6.07) is 67.2. The third-order valence-corrected chi connectivity index (χ3v) is 11.2. The summed E-state index contributed by atoms with van der Waals surface area (Å²) >= 11 is 1.76. The molecule has 0 saturated heterocycles. The number of benzene rings is 7. The summed E-state index contributed by atoms with van der Waals surface area (Å²) in [6.45, 7) is 0. The highest BCUT2D eigenvalue weighted by Crippen LogP contribution is 2.44. The zero-order valence-corrected chi connectivity index (χ0v) is 30.5. The van der Waals surface area contributed by atoms with Gasteiger partial charge in [0.1, 0.15) is 0 Å². The Morgan fingerprint density at radius 2 is 0.691 bits per heavy atom. The molecule has 0 aliphatic carbocycles. The molecule has 0 unspecified atom stereocenters. The number of nitrogens with zero attached hydrogens (tertiary/aromatic N) is 4. The van der Waals surface area contributed by atoms with Gasteiger partial charge >= 0.3 is 0 Å². The molecule has 0 N–H and O–H groups in total. The van der Waals surface area contributed by atoms with Crippen LogP contribution in [-0.4, -0.2) is 19.9 Å². The van der Waals surface area contributed by atoms with Gasteiger partial charge in [0.25, 0.3) is 0 Å². The van der Waals surface area contributed by atoms with Crippen molar-refractivity contribution in [2.75, 3.05) is 0 Å². The molecule has 3 heterocycles. The van der Waals surface area contributed by atoms with Crippen LogP contribution in [0.2, 0.25) is 0 Å². The van der Waals surface area contributed by atoms with Gasteiger partial charge in [0.05, 0.1) is 22.8 Å². The first-order valence-electron chi connectivity index (χ1n) is 18.3. The number of fused-ring (bicyclic) bond motifs is 3. The molecule has 4 nitrogen and oxygen atoms in total. The molecule has 0 amide bonds. The predicted molar refractivity (Wildman–Crippen MR) is 229 cm³/mol. The summed E-state index contributed by atoms with van der Waals surface area (Å²) in [4.78, 5) is 20.9. The van der Waals surface area contributed by atoms with E-state index < -0.39 is 0 Å². The highest BCUT2D eigenvalue weighted by molar-refractivity contribution is 7.26. The van der Waals surface area contributed by atoms with E-state index in [1.54, 1.807) is 11.3 Å². The van der Waals surface area contributed by atoms with Gasteiger partial charge in [0.15, 0.2) is 11.6 Å². The van der Waals surface area contributed by atoms with Gasteiger partial charge in [-0.05, 0) is 35.4 Å². The zero-order chi connectivity index (χ0) is 36.6. The van der Waals surface area contributed by atoms with E-state index in [4.69, 9.17) is 19.9 Å². The highest BCUT2D eigenvalue weighted by Gasteiger charge is 2.20. The lowest BCUT2D eigenvalue weighted by atomic mass is 10.0. The molecule has 3 aromatic heterocycles. The molecule has 0 bridgehead atoms. The van der Waals surface area contributed by atoms with Crippen LogP contribution < -0.4 is 0 Å². The Hall–Kier alpha value is -7.08. The van der Waals surface area contributed by atoms with Crippen LogP contribution in [0, 0.1) is 0 Å². The van der Waals surface area contributed by atoms with E-state index in [2.05, 4.69) is 146 Å². The van der Waals surface area contributed by atoms with Gasteiger partial charge in [0, 0.05) is 53.6 Å². The number of hydrogen-bond acceptors (Lipinski definition) is 5. The standard InChI is InChI=1S/C50H32N4S/c1-5-15-33(16-6-1)34-27-29-38(30-28-34)45-32-42(35-17-7-2-8-18-35)51-49(52-45)40-24-14-26-46-47(40)39-23-13-25-41(48(39)55-46)50-53-43(36-19-9-3-10-20-36)31-44(54-50)37-21-11-4-12-22-37/h1-32H. The topological polar surface area (TPSA) is 51.6 Å². The van der Waals surface area contributed by atoms with E-state index in [-0.39, 0.29) is 0 Å². The summed E-state index contributed by atoms with van der Waals surface area (Å²) in [7, 11) is 0. The molecular weight excluding hydrogens is 689 g/mol. The normalized spacial score (nSPS) is 11.3. The van der Waals surface area contributed by atoms with Crippen LogP contribution >= 0.6 is 11.3 Å². The van der Waals surface area contributed by atoms with Gasteiger partial charge < -0.3 is 0 Å². The quantitative estimate of drug-likeness (QED) is 0.164. The Morgan fingerprint density at radius 1 is 0.309 bits per heavy atom. The lowest BCUT2D eigenvalue weighted by molar-refractivity contribution is 1.19. The molecule has 258 valence electrons. The van der Waals surface area contributed by atoms with Gasteiger partial charge in [-0.15, -0.1) is 11.3 Å². The van der Waals surface area contributed by atoms with E-state index in [0.29, 0.717) is 11.6 Å². The molecule has 0 radical (unpaired) electrons. The average molecular weight is 721 g/mol. The Bertz CT molecular complexity index is 2890. The third-order valence-electron chi connectivity index (χ3n) is 9.95. The molecule has 10 rings (SSSR count). The largest absolute Gasteiger partial charge is 0.228 e. The molecule has 7 aromatic carbocycles. The van der Waals surface area contributed by atoms with Crippen molar-refractivity contribution in [2.24, 2.45) is 0 Å². The third kappa shape index (κ3) is 6.27. The Balaban J connectivity index is 1.15. The molecule has 0 fully saturated rings. The molecule has 0 aliphatic rings. The lowest BCUT2D eigenvalue weighted by Gasteiger charge is -2.11. The maximum Gasteiger partial charge on any atom is 0.161 e. The molecular formula is C50H32N4S. The first-order valence-corrected chi connectivity index (χ1v) is 19.1. The van der Waals surface area contributed by atoms with Crippen molar-refractivity contribution >= 4 is 31.5 Å². The van der Waals surface area contributed by atoms with Crippen LogP contribution in [0.25, 0.3) is 99.1 Å². The summed E-state index contributed by atoms with van der Waals surface area (Å²) < 4.78 is 2.29. The number of rotatable bonds is 7. The summed E-state index contributed by atoms with van der Waals surface area (Å²) in [5.41, 5.74) is 12.1. The Labute approximate surface area is 323 Å². The van der Waals surface area contributed by atoms with Crippen LogP contribution in [0.3, 0.4) is 0 Å². The van der Waals surface area contributed by atoms with E-state index >= 15 is 0 Å². The molecule has 5 heteroatoms. The minimum atomic E-state index is 0.688. The van der Waals surface area contributed by atoms with E-state index in [1.807, 2.05) is 48.5 Å². The second-order valence-electron chi connectivity index (χ2n) is 13.4. The fourth-order valence-corrected chi connectivity index (χ4v) is 8.47. The SMILES string of the molecule is c1ccc(-c2ccc(-c3cc(-c4ccccc4)nc(-c4cccc5sc6c(-c7nc(-c8ccccc8)cc(-c8ccccc8)n7)cccc6c45)n3)cc2)cc1. The minimum Gasteiger partial charge on any atom is -0.228 e. The van der Waals surface area contributed by atoms with Crippen LogP contribution in [0.4, 0.5) is 0 Å². The van der Waals surface area contributed by atoms with Crippen molar-refractivity contribution in [3.8, 4) is 78.9 Å². The Morgan fingerprint density at radius 3 is 1.20 bits per heavy atom. The van der Waals surface area contributed by atoms with Crippen LogP contribution in [0.15, 0.2) is 194 Å². The fraction of sp³-hybridized carbons (Fsp3) is 0. The van der Waals surface area contributed by atoms with Crippen molar-refractivity contribution in [2.45, 2.75) is 0 Å². The molecule has 10 aromatic rings. The predicted octanol–water partition coefficient (Wildman–Crippen LogP) is 13.3. The summed E-state index contributed by atoms with van der Waals surface area (Å²) in [5, 5.41) is 2.26. The second kappa shape index (κ2) is 14.0. The van der Waals surface area contributed by atoms with Crippen LogP contribution in [0.1, 0.15) is 0 Å². The Kier molecular flexibility index (Phi) is 8.32. The summed E-state index contributed by atoms with van der Waals surface area (Å²) in [6.07, 6.45) is 0. The van der Waals surface area contributed by atoms with Crippen molar-refractivity contribution in [3.63, 3.8) is 0 Å². The molecule has 0 saturated carbocycles. The van der Waals surface area contributed by atoms with E-state index in [9.17, 15) is 0 Å². The van der Waals surface area contributed by atoms with E-state index in [0.717, 1.165) is 76.3 Å². The van der Waals surface area contributed by atoms with Crippen molar-refractivity contribution in [3.05, 3.63) is 194 Å². The number of thiophene rings is 1. The number of hydrogen-bond donors (Lipinski definition) is 0. The minimum absolute atomic E-state index is 0.688. The van der Waals surface area contributed by atoms with Crippen LogP contribution in [-0.2, 0) is 0 Å². The van der Waals surface area contributed by atoms with Crippen molar-refractivity contribution in [1.82, 2.24) is 19.9 Å². The van der Waals surface area contributed by atoms with Gasteiger partial charge in [-0.25, -0.2) is 19.9 Å². The molecule has 0 atom stereocenters. The fourth-order valence-electron chi connectivity index (χ4n) is 7.23. The summed E-state index contributed by atoms with van der Waals surface area (Å²) in [5.74, 6) is 1.38. The lowest BCUT2D eigenvalue weighted by Crippen LogP contribution is -1.96. The average Bonchev–Trinajstić information content (AvgIpc) is 3.67.